The van der Waals surface area contributed by atoms with Gasteiger partial charge in [0.25, 0.3) is 0 Å². The zero-order valence-electron chi connectivity index (χ0n) is 10.4. The SMILES string of the molecule is COC(=O)c1cccc(NCc2ccsc2)c1C. The number of thiophene rings is 1. The van der Waals surface area contributed by atoms with Gasteiger partial charge in [0.2, 0.25) is 0 Å². The number of rotatable bonds is 4. The van der Waals surface area contributed by atoms with Gasteiger partial charge in [-0.05, 0) is 47.0 Å². The van der Waals surface area contributed by atoms with E-state index in [1.807, 2.05) is 19.1 Å². The van der Waals surface area contributed by atoms with E-state index in [2.05, 4.69) is 22.1 Å². The lowest BCUT2D eigenvalue weighted by atomic mass is 10.1. The molecule has 0 fully saturated rings. The molecular weight excluding hydrogens is 246 g/mol. The number of nitrogens with one attached hydrogen (secondary N) is 1. The quantitative estimate of drug-likeness (QED) is 0.857. The van der Waals surface area contributed by atoms with Crippen molar-refractivity contribution in [1.82, 2.24) is 0 Å². The normalized spacial score (nSPS) is 10.1. The van der Waals surface area contributed by atoms with E-state index >= 15 is 0 Å². The molecule has 3 nitrogen and oxygen atoms in total. The lowest BCUT2D eigenvalue weighted by molar-refractivity contribution is 0.0600. The second-order valence-electron chi connectivity index (χ2n) is 3.95. The summed E-state index contributed by atoms with van der Waals surface area (Å²) >= 11 is 1.68. The summed E-state index contributed by atoms with van der Waals surface area (Å²) in [4.78, 5) is 11.6. The topological polar surface area (TPSA) is 38.3 Å². The number of ether oxygens (including phenoxy) is 1. The number of esters is 1. The highest BCUT2D eigenvalue weighted by Crippen LogP contribution is 2.20. The van der Waals surface area contributed by atoms with E-state index in [0.717, 1.165) is 17.8 Å². The first-order valence-corrected chi connectivity index (χ1v) is 6.59. The Hall–Kier alpha value is -1.81. The molecule has 0 aliphatic carbocycles. The highest BCUT2D eigenvalue weighted by Gasteiger charge is 2.11. The van der Waals surface area contributed by atoms with Crippen molar-refractivity contribution in [2.75, 3.05) is 12.4 Å². The van der Waals surface area contributed by atoms with Crippen molar-refractivity contribution in [3.63, 3.8) is 0 Å². The van der Waals surface area contributed by atoms with Crippen LogP contribution < -0.4 is 5.32 Å². The molecule has 1 aromatic carbocycles. The number of hydrogen-bond acceptors (Lipinski definition) is 4. The Balaban J connectivity index is 2.16. The highest BCUT2D eigenvalue weighted by molar-refractivity contribution is 7.07. The molecule has 2 aromatic rings. The fraction of sp³-hybridized carbons (Fsp3) is 0.214. The van der Waals surface area contributed by atoms with Crippen LogP contribution in [0.5, 0.6) is 0 Å². The third-order valence-corrected chi connectivity index (χ3v) is 3.53. The van der Waals surface area contributed by atoms with E-state index < -0.39 is 0 Å². The van der Waals surface area contributed by atoms with Crippen molar-refractivity contribution in [2.24, 2.45) is 0 Å². The average molecular weight is 261 g/mol. The molecule has 94 valence electrons. The zero-order chi connectivity index (χ0) is 13.0. The van der Waals surface area contributed by atoms with Crippen LogP contribution in [-0.4, -0.2) is 13.1 Å². The van der Waals surface area contributed by atoms with Crippen molar-refractivity contribution >= 4 is 23.0 Å². The first-order valence-electron chi connectivity index (χ1n) is 5.65. The lowest BCUT2D eigenvalue weighted by Gasteiger charge is -2.11. The Morgan fingerprint density at radius 2 is 2.22 bits per heavy atom. The number of carbonyl (C=O) groups excluding carboxylic acids is 1. The molecule has 0 amide bonds. The smallest absolute Gasteiger partial charge is 0.338 e. The molecule has 0 saturated heterocycles. The molecule has 0 radical (unpaired) electrons. The van der Waals surface area contributed by atoms with Crippen LogP contribution in [0, 0.1) is 6.92 Å². The van der Waals surface area contributed by atoms with Gasteiger partial charge in [-0.1, -0.05) is 6.07 Å². The third-order valence-electron chi connectivity index (χ3n) is 2.80. The number of carbonyl (C=O) groups is 1. The maximum Gasteiger partial charge on any atom is 0.338 e. The molecular formula is C14H15NO2S. The fourth-order valence-electron chi connectivity index (χ4n) is 1.75. The van der Waals surface area contributed by atoms with E-state index in [-0.39, 0.29) is 5.97 Å². The maximum atomic E-state index is 11.6. The standard InChI is InChI=1S/C14H15NO2S/c1-10-12(14(16)17-2)4-3-5-13(10)15-8-11-6-7-18-9-11/h3-7,9,15H,8H2,1-2H3. The molecule has 1 N–H and O–H groups in total. The van der Waals surface area contributed by atoms with Gasteiger partial charge >= 0.3 is 5.97 Å². The molecule has 1 aromatic heterocycles. The Bertz CT molecular complexity index is 535. The molecule has 1 heterocycles. The second-order valence-corrected chi connectivity index (χ2v) is 4.73. The largest absolute Gasteiger partial charge is 0.465 e. The van der Waals surface area contributed by atoms with Gasteiger partial charge in [0.05, 0.1) is 12.7 Å². The Labute approximate surface area is 110 Å². The molecule has 0 aliphatic heterocycles. The molecule has 0 bridgehead atoms. The minimum absolute atomic E-state index is 0.299. The molecule has 2 rings (SSSR count). The number of anilines is 1. The van der Waals surface area contributed by atoms with E-state index in [0.29, 0.717) is 5.56 Å². The molecule has 0 unspecified atom stereocenters. The van der Waals surface area contributed by atoms with Crippen LogP contribution >= 0.6 is 11.3 Å². The molecule has 4 heteroatoms. The van der Waals surface area contributed by atoms with Crippen LogP contribution in [0.1, 0.15) is 21.5 Å². The van der Waals surface area contributed by atoms with Crippen molar-refractivity contribution in [1.29, 1.82) is 0 Å². The van der Waals surface area contributed by atoms with Gasteiger partial charge in [-0.25, -0.2) is 4.79 Å². The third kappa shape index (κ3) is 2.71. The highest BCUT2D eigenvalue weighted by atomic mass is 32.1. The summed E-state index contributed by atoms with van der Waals surface area (Å²) in [5, 5.41) is 7.49. The summed E-state index contributed by atoms with van der Waals surface area (Å²) in [7, 11) is 1.40. The van der Waals surface area contributed by atoms with E-state index in [4.69, 9.17) is 4.74 Å². The predicted molar refractivity (Wildman–Crippen MR) is 74.2 cm³/mol. The van der Waals surface area contributed by atoms with Crippen LogP contribution in [0.4, 0.5) is 5.69 Å². The second kappa shape index (κ2) is 5.69. The van der Waals surface area contributed by atoms with Gasteiger partial charge in [0, 0.05) is 12.2 Å². The van der Waals surface area contributed by atoms with Crippen LogP contribution in [0.25, 0.3) is 0 Å². The van der Waals surface area contributed by atoms with E-state index in [1.54, 1.807) is 17.4 Å². The van der Waals surface area contributed by atoms with Crippen LogP contribution in [0.2, 0.25) is 0 Å². The minimum Gasteiger partial charge on any atom is -0.465 e. The monoisotopic (exact) mass is 261 g/mol. The summed E-state index contributed by atoms with van der Waals surface area (Å²) < 4.78 is 4.76. The van der Waals surface area contributed by atoms with Gasteiger partial charge in [-0.15, -0.1) is 0 Å². The van der Waals surface area contributed by atoms with Gasteiger partial charge in [0.15, 0.2) is 0 Å². The Kier molecular flexibility index (Phi) is 3.99. The summed E-state index contributed by atoms with van der Waals surface area (Å²) in [6.07, 6.45) is 0. The summed E-state index contributed by atoms with van der Waals surface area (Å²) in [6, 6.07) is 7.68. The summed E-state index contributed by atoms with van der Waals surface area (Å²) in [6.45, 7) is 2.68. The first kappa shape index (κ1) is 12.6. The lowest BCUT2D eigenvalue weighted by Crippen LogP contribution is -2.07. The van der Waals surface area contributed by atoms with Crippen LogP contribution in [0.15, 0.2) is 35.0 Å². The van der Waals surface area contributed by atoms with Crippen LogP contribution in [0.3, 0.4) is 0 Å². The first-order chi connectivity index (χ1) is 8.72. The summed E-state index contributed by atoms with van der Waals surface area (Å²) in [5.41, 5.74) is 3.72. The van der Waals surface area contributed by atoms with Gasteiger partial charge < -0.3 is 10.1 Å². The average Bonchev–Trinajstić information content (AvgIpc) is 2.90. The molecule has 0 saturated carbocycles. The summed E-state index contributed by atoms with van der Waals surface area (Å²) in [5.74, 6) is -0.299. The van der Waals surface area contributed by atoms with Crippen molar-refractivity contribution < 1.29 is 9.53 Å². The molecule has 18 heavy (non-hydrogen) atoms. The van der Waals surface area contributed by atoms with Gasteiger partial charge in [-0.3, -0.25) is 0 Å². The Morgan fingerprint density at radius 1 is 1.39 bits per heavy atom. The van der Waals surface area contributed by atoms with Gasteiger partial charge in [-0.2, -0.15) is 11.3 Å². The van der Waals surface area contributed by atoms with Crippen molar-refractivity contribution in [3.8, 4) is 0 Å². The Morgan fingerprint density at radius 3 is 2.89 bits per heavy atom. The predicted octanol–water partition coefficient (Wildman–Crippen LogP) is 3.46. The molecule has 0 aliphatic rings. The zero-order valence-corrected chi connectivity index (χ0v) is 11.2. The minimum atomic E-state index is -0.299. The fourth-order valence-corrected chi connectivity index (χ4v) is 2.42. The molecule has 0 spiro atoms. The number of benzene rings is 1. The number of hydrogen-bond donors (Lipinski definition) is 1. The molecule has 0 atom stereocenters. The van der Waals surface area contributed by atoms with Gasteiger partial charge in [0.1, 0.15) is 0 Å². The van der Waals surface area contributed by atoms with Crippen molar-refractivity contribution in [2.45, 2.75) is 13.5 Å². The maximum absolute atomic E-state index is 11.6. The van der Waals surface area contributed by atoms with Crippen molar-refractivity contribution in [3.05, 3.63) is 51.7 Å². The van der Waals surface area contributed by atoms with E-state index in [9.17, 15) is 4.79 Å². The van der Waals surface area contributed by atoms with E-state index in [1.165, 1.54) is 12.7 Å². The van der Waals surface area contributed by atoms with Crippen LogP contribution in [-0.2, 0) is 11.3 Å². The number of methoxy groups -OCH3 is 1.